The Morgan fingerprint density at radius 3 is 1.96 bits per heavy atom. The van der Waals surface area contributed by atoms with Crippen molar-refractivity contribution in [1.82, 2.24) is 15.1 Å². The minimum Gasteiger partial charge on any atom is -0.348 e. The second-order valence-electron chi connectivity index (χ2n) is 7.89. The molecule has 5 nitrogen and oxygen atoms in total. The van der Waals surface area contributed by atoms with Gasteiger partial charge in [-0.3, -0.25) is 14.5 Å². The summed E-state index contributed by atoms with van der Waals surface area (Å²) in [7, 11) is 0. The van der Waals surface area contributed by atoms with Crippen LogP contribution in [0.5, 0.6) is 0 Å². The molecular formula is C21H33N3O2. The maximum absolute atomic E-state index is 12.6. The highest BCUT2D eigenvalue weighted by Gasteiger charge is 2.23. The predicted octanol–water partition coefficient (Wildman–Crippen LogP) is 2.79. The molecule has 144 valence electrons. The van der Waals surface area contributed by atoms with Crippen molar-refractivity contribution in [2.45, 2.75) is 46.6 Å². The van der Waals surface area contributed by atoms with Crippen LogP contribution in [-0.2, 0) is 9.59 Å². The van der Waals surface area contributed by atoms with Crippen LogP contribution in [0.15, 0.2) is 24.3 Å². The fraction of sp³-hybridized carbons (Fsp3) is 0.619. The lowest BCUT2D eigenvalue weighted by Crippen LogP contribution is -2.51. The van der Waals surface area contributed by atoms with Gasteiger partial charge in [0.2, 0.25) is 11.8 Å². The van der Waals surface area contributed by atoms with E-state index in [0.29, 0.717) is 31.5 Å². The van der Waals surface area contributed by atoms with Crippen LogP contribution in [-0.4, -0.2) is 54.3 Å². The van der Waals surface area contributed by atoms with Crippen LogP contribution in [0.25, 0.3) is 0 Å². The molecule has 1 aliphatic heterocycles. The number of piperazine rings is 1. The monoisotopic (exact) mass is 359 g/mol. The van der Waals surface area contributed by atoms with Gasteiger partial charge in [0, 0.05) is 33.1 Å². The Hall–Kier alpha value is -1.88. The summed E-state index contributed by atoms with van der Waals surface area (Å²) in [4.78, 5) is 27.9. The highest BCUT2D eigenvalue weighted by atomic mass is 16.2. The van der Waals surface area contributed by atoms with Crippen molar-refractivity contribution in [3.8, 4) is 0 Å². The minimum atomic E-state index is 0.0159. The van der Waals surface area contributed by atoms with E-state index < -0.39 is 0 Å². The molecule has 1 heterocycles. The van der Waals surface area contributed by atoms with Crippen molar-refractivity contribution < 1.29 is 9.59 Å². The van der Waals surface area contributed by atoms with E-state index >= 15 is 0 Å². The van der Waals surface area contributed by atoms with Gasteiger partial charge >= 0.3 is 0 Å². The van der Waals surface area contributed by atoms with Crippen molar-refractivity contribution in [3.05, 3.63) is 35.4 Å². The summed E-state index contributed by atoms with van der Waals surface area (Å²) in [6.07, 6.45) is 0. The van der Waals surface area contributed by atoms with Crippen LogP contribution in [0.2, 0.25) is 0 Å². The lowest BCUT2D eigenvalue weighted by molar-refractivity contribution is -0.131. The molecule has 0 unspecified atom stereocenters. The molecule has 1 fully saturated rings. The molecule has 5 heteroatoms. The average molecular weight is 360 g/mol. The lowest BCUT2D eigenvalue weighted by Gasteiger charge is -2.34. The lowest BCUT2D eigenvalue weighted by atomic mass is 9.93. The standard InChI is InChI=1S/C21H33N3O2/c1-15(2)18-6-8-19(9-7-18)21(16(3)4)22-20(26)14-23-10-12-24(13-11-23)17(5)25/h6-9,15-16,21H,10-14H2,1-5H3,(H,22,26)/t21-/m0/s1. The summed E-state index contributed by atoms with van der Waals surface area (Å²) in [6, 6.07) is 8.59. The van der Waals surface area contributed by atoms with Gasteiger partial charge in [-0.2, -0.15) is 0 Å². The average Bonchev–Trinajstić information content (AvgIpc) is 2.60. The molecular weight excluding hydrogens is 326 g/mol. The summed E-state index contributed by atoms with van der Waals surface area (Å²) in [5.41, 5.74) is 2.46. The Labute approximate surface area is 157 Å². The van der Waals surface area contributed by atoms with Crippen molar-refractivity contribution >= 4 is 11.8 Å². The highest BCUT2D eigenvalue weighted by molar-refractivity contribution is 5.78. The molecule has 1 aliphatic rings. The zero-order valence-electron chi connectivity index (χ0n) is 16.8. The van der Waals surface area contributed by atoms with Crippen LogP contribution >= 0.6 is 0 Å². The first-order chi connectivity index (χ1) is 12.3. The van der Waals surface area contributed by atoms with Crippen LogP contribution in [0.3, 0.4) is 0 Å². The van der Waals surface area contributed by atoms with Gasteiger partial charge in [-0.05, 0) is 23.0 Å². The van der Waals surface area contributed by atoms with E-state index in [2.05, 4.69) is 62.2 Å². The number of rotatable bonds is 6. The Balaban J connectivity index is 1.93. The molecule has 0 saturated carbocycles. The van der Waals surface area contributed by atoms with E-state index in [-0.39, 0.29) is 17.9 Å². The van der Waals surface area contributed by atoms with E-state index in [4.69, 9.17) is 0 Å². The molecule has 2 amide bonds. The third kappa shape index (κ3) is 5.56. The predicted molar refractivity (Wildman–Crippen MR) is 105 cm³/mol. The van der Waals surface area contributed by atoms with Gasteiger partial charge in [-0.15, -0.1) is 0 Å². The first-order valence-electron chi connectivity index (χ1n) is 9.65. The highest BCUT2D eigenvalue weighted by Crippen LogP contribution is 2.24. The van der Waals surface area contributed by atoms with Crippen LogP contribution in [0.1, 0.15) is 57.7 Å². The van der Waals surface area contributed by atoms with E-state index in [1.54, 1.807) is 6.92 Å². The molecule has 26 heavy (non-hydrogen) atoms. The molecule has 0 aliphatic carbocycles. The van der Waals surface area contributed by atoms with Gasteiger partial charge in [0.25, 0.3) is 0 Å². The smallest absolute Gasteiger partial charge is 0.234 e. The SMILES string of the molecule is CC(=O)N1CCN(CC(=O)N[C@H](c2ccc(C(C)C)cc2)C(C)C)CC1. The molecule has 1 saturated heterocycles. The van der Waals surface area contributed by atoms with Gasteiger partial charge in [0.15, 0.2) is 0 Å². The topological polar surface area (TPSA) is 52.7 Å². The summed E-state index contributed by atoms with van der Waals surface area (Å²) in [5, 5.41) is 3.20. The van der Waals surface area contributed by atoms with Gasteiger partial charge in [-0.1, -0.05) is 52.0 Å². The Morgan fingerprint density at radius 1 is 0.962 bits per heavy atom. The fourth-order valence-corrected chi connectivity index (χ4v) is 3.37. The van der Waals surface area contributed by atoms with Crippen LogP contribution < -0.4 is 5.32 Å². The van der Waals surface area contributed by atoms with Gasteiger partial charge in [0.05, 0.1) is 12.6 Å². The Kier molecular flexibility index (Phi) is 7.21. The second kappa shape index (κ2) is 9.17. The molecule has 0 radical (unpaired) electrons. The first kappa shape index (κ1) is 20.4. The molecule has 1 aromatic rings. The summed E-state index contributed by atoms with van der Waals surface area (Å²) >= 11 is 0. The number of nitrogens with zero attached hydrogens (tertiary/aromatic N) is 2. The fourth-order valence-electron chi connectivity index (χ4n) is 3.37. The minimum absolute atomic E-state index is 0.0159. The number of hydrogen-bond donors (Lipinski definition) is 1. The molecule has 1 aromatic carbocycles. The zero-order valence-corrected chi connectivity index (χ0v) is 16.8. The van der Waals surface area contributed by atoms with Crippen molar-refractivity contribution in [2.75, 3.05) is 32.7 Å². The van der Waals surface area contributed by atoms with E-state index in [1.807, 2.05) is 4.90 Å². The summed E-state index contributed by atoms with van der Waals surface area (Å²) in [6.45, 7) is 13.5. The molecule has 1 N–H and O–H groups in total. The number of nitrogens with one attached hydrogen (secondary N) is 1. The normalized spacial score (nSPS) is 16.8. The zero-order chi connectivity index (χ0) is 19.3. The molecule has 1 atom stereocenters. The van der Waals surface area contributed by atoms with E-state index in [0.717, 1.165) is 18.7 Å². The number of carbonyl (C=O) groups excluding carboxylic acids is 2. The van der Waals surface area contributed by atoms with Crippen LogP contribution in [0, 0.1) is 5.92 Å². The molecule has 2 rings (SSSR count). The number of amides is 2. The number of benzene rings is 1. The number of hydrogen-bond acceptors (Lipinski definition) is 3. The molecule has 0 bridgehead atoms. The van der Waals surface area contributed by atoms with Gasteiger partial charge in [0.1, 0.15) is 0 Å². The first-order valence-corrected chi connectivity index (χ1v) is 9.65. The maximum Gasteiger partial charge on any atom is 0.234 e. The Morgan fingerprint density at radius 2 is 1.50 bits per heavy atom. The molecule has 0 aromatic heterocycles. The second-order valence-corrected chi connectivity index (χ2v) is 7.89. The quantitative estimate of drug-likeness (QED) is 0.850. The largest absolute Gasteiger partial charge is 0.348 e. The van der Waals surface area contributed by atoms with Crippen molar-refractivity contribution in [2.24, 2.45) is 5.92 Å². The van der Waals surface area contributed by atoms with Crippen molar-refractivity contribution in [3.63, 3.8) is 0 Å². The third-order valence-electron chi connectivity index (χ3n) is 5.13. The Bertz CT molecular complexity index is 602. The third-order valence-corrected chi connectivity index (χ3v) is 5.13. The number of carbonyl (C=O) groups is 2. The van der Waals surface area contributed by atoms with E-state index in [9.17, 15) is 9.59 Å². The van der Waals surface area contributed by atoms with E-state index in [1.165, 1.54) is 5.56 Å². The summed E-state index contributed by atoms with van der Waals surface area (Å²) in [5.74, 6) is 0.981. The van der Waals surface area contributed by atoms with Gasteiger partial charge in [-0.25, -0.2) is 0 Å². The van der Waals surface area contributed by atoms with Crippen LogP contribution in [0.4, 0.5) is 0 Å². The maximum atomic E-state index is 12.6. The molecule has 0 spiro atoms. The summed E-state index contributed by atoms with van der Waals surface area (Å²) < 4.78 is 0. The van der Waals surface area contributed by atoms with Gasteiger partial charge < -0.3 is 10.2 Å². The van der Waals surface area contributed by atoms with Crippen molar-refractivity contribution in [1.29, 1.82) is 0 Å².